The SMILES string of the molecule is NC(=O)c1cnc(N2CCC(O)C2)c(Nc2cncc(F)c2OC(F)(F)F)c1. The topological polar surface area (TPSA) is 114 Å². The number of anilines is 3. The summed E-state index contributed by atoms with van der Waals surface area (Å²) < 4.78 is 55.5. The molecular weight excluding hydrogens is 386 g/mol. The zero-order valence-corrected chi connectivity index (χ0v) is 14.2. The van der Waals surface area contributed by atoms with E-state index in [4.69, 9.17) is 5.73 Å². The molecule has 0 aliphatic carbocycles. The Balaban J connectivity index is 2.02. The Bertz CT molecular complexity index is 893. The monoisotopic (exact) mass is 401 g/mol. The van der Waals surface area contributed by atoms with Crippen LogP contribution in [0.25, 0.3) is 0 Å². The molecule has 8 nitrogen and oxygen atoms in total. The van der Waals surface area contributed by atoms with Gasteiger partial charge in [0.15, 0.2) is 17.4 Å². The maximum absolute atomic E-state index is 13.9. The van der Waals surface area contributed by atoms with Gasteiger partial charge in [0.2, 0.25) is 5.91 Å². The average Bonchev–Trinajstić information content (AvgIpc) is 3.03. The number of nitrogens with zero attached hydrogens (tertiary/aromatic N) is 3. The number of β-amino-alcohol motifs (C(OH)–C–C–N with tert-alkyl or cyclic N) is 1. The van der Waals surface area contributed by atoms with Gasteiger partial charge in [-0.2, -0.15) is 0 Å². The lowest BCUT2D eigenvalue weighted by atomic mass is 10.2. The maximum Gasteiger partial charge on any atom is 0.573 e. The molecule has 1 saturated heterocycles. The molecule has 0 spiro atoms. The molecule has 1 fully saturated rings. The van der Waals surface area contributed by atoms with Crippen molar-refractivity contribution >= 4 is 23.1 Å². The number of alkyl halides is 3. The molecule has 1 aliphatic rings. The van der Waals surface area contributed by atoms with E-state index in [2.05, 4.69) is 20.0 Å². The van der Waals surface area contributed by atoms with Crippen LogP contribution in [0.15, 0.2) is 24.7 Å². The quantitative estimate of drug-likeness (QED) is 0.656. The van der Waals surface area contributed by atoms with Gasteiger partial charge in [-0.15, -0.1) is 13.2 Å². The lowest BCUT2D eigenvalue weighted by Crippen LogP contribution is -2.24. The molecule has 1 atom stereocenters. The first-order valence-electron chi connectivity index (χ1n) is 8.03. The van der Waals surface area contributed by atoms with Crippen LogP contribution in [0.4, 0.5) is 34.8 Å². The number of aliphatic hydroxyl groups excluding tert-OH is 1. The van der Waals surface area contributed by atoms with E-state index in [0.29, 0.717) is 19.2 Å². The molecule has 0 radical (unpaired) electrons. The highest BCUT2D eigenvalue weighted by atomic mass is 19.4. The molecule has 4 N–H and O–H groups in total. The molecule has 0 bridgehead atoms. The highest BCUT2D eigenvalue weighted by Crippen LogP contribution is 2.37. The Kier molecular flexibility index (Phi) is 5.23. The lowest BCUT2D eigenvalue weighted by molar-refractivity contribution is -0.275. The average molecular weight is 401 g/mol. The van der Waals surface area contributed by atoms with Crippen LogP contribution in [0.1, 0.15) is 16.8 Å². The van der Waals surface area contributed by atoms with Crippen LogP contribution in [0.5, 0.6) is 5.75 Å². The number of hydrogen-bond acceptors (Lipinski definition) is 7. The largest absolute Gasteiger partial charge is 0.573 e. The fraction of sp³-hybridized carbons (Fsp3) is 0.312. The fourth-order valence-electron chi connectivity index (χ4n) is 2.75. The Morgan fingerprint density at radius 1 is 1.32 bits per heavy atom. The van der Waals surface area contributed by atoms with E-state index in [0.717, 1.165) is 6.20 Å². The van der Waals surface area contributed by atoms with Gasteiger partial charge in [-0.3, -0.25) is 9.78 Å². The van der Waals surface area contributed by atoms with E-state index in [1.54, 1.807) is 4.90 Å². The number of primary amides is 1. The normalized spacial score (nSPS) is 16.9. The predicted octanol–water partition coefficient (Wildman–Crippen LogP) is 1.93. The van der Waals surface area contributed by atoms with E-state index >= 15 is 0 Å². The number of ether oxygens (including phenoxy) is 1. The van der Waals surface area contributed by atoms with Gasteiger partial charge >= 0.3 is 6.36 Å². The first kappa shape index (κ1) is 19.6. The number of halogens is 4. The third-order valence-corrected chi connectivity index (χ3v) is 3.95. The summed E-state index contributed by atoms with van der Waals surface area (Å²) in [6.07, 6.45) is -2.57. The summed E-state index contributed by atoms with van der Waals surface area (Å²) in [5.74, 6) is -3.02. The van der Waals surface area contributed by atoms with Gasteiger partial charge in [0.25, 0.3) is 0 Å². The van der Waals surface area contributed by atoms with Crippen LogP contribution < -0.4 is 20.7 Å². The summed E-state index contributed by atoms with van der Waals surface area (Å²) >= 11 is 0. The molecule has 12 heteroatoms. The van der Waals surface area contributed by atoms with Gasteiger partial charge in [0, 0.05) is 19.3 Å². The molecule has 1 amide bonds. The zero-order valence-electron chi connectivity index (χ0n) is 14.2. The minimum absolute atomic E-state index is 0.0198. The number of hydrogen-bond donors (Lipinski definition) is 3. The van der Waals surface area contributed by atoms with E-state index in [-0.39, 0.29) is 23.6 Å². The highest BCUT2D eigenvalue weighted by molar-refractivity contribution is 5.94. The lowest BCUT2D eigenvalue weighted by Gasteiger charge is -2.22. The van der Waals surface area contributed by atoms with Crippen molar-refractivity contribution < 1.29 is 32.2 Å². The number of pyridine rings is 2. The summed E-state index contributed by atoms with van der Waals surface area (Å²) in [5, 5.41) is 12.3. The van der Waals surface area contributed by atoms with Crippen molar-refractivity contribution in [2.24, 2.45) is 5.73 Å². The Morgan fingerprint density at radius 3 is 2.68 bits per heavy atom. The van der Waals surface area contributed by atoms with Crippen LogP contribution in [0.3, 0.4) is 0 Å². The zero-order chi connectivity index (χ0) is 20.5. The third-order valence-electron chi connectivity index (χ3n) is 3.95. The smallest absolute Gasteiger partial charge is 0.400 e. The minimum atomic E-state index is -5.13. The predicted molar refractivity (Wildman–Crippen MR) is 89.8 cm³/mol. The van der Waals surface area contributed by atoms with Crippen molar-refractivity contribution in [3.63, 3.8) is 0 Å². The summed E-state index contributed by atoms with van der Waals surface area (Å²) in [4.78, 5) is 20.7. The second-order valence-electron chi connectivity index (χ2n) is 6.02. The van der Waals surface area contributed by atoms with Crippen molar-refractivity contribution in [3.05, 3.63) is 36.0 Å². The number of nitrogens with one attached hydrogen (secondary N) is 1. The Hall–Kier alpha value is -3.15. The number of carbonyl (C=O) groups is 1. The van der Waals surface area contributed by atoms with Crippen molar-refractivity contribution in [2.45, 2.75) is 18.9 Å². The van der Waals surface area contributed by atoms with Crippen LogP contribution in [-0.4, -0.2) is 46.5 Å². The van der Waals surface area contributed by atoms with Gasteiger partial charge in [-0.05, 0) is 12.5 Å². The fourth-order valence-corrected chi connectivity index (χ4v) is 2.75. The van der Waals surface area contributed by atoms with Crippen molar-refractivity contribution in [1.82, 2.24) is 9.97 Å². The number of carbonyl (C=O) groups excluding carboxylic acids is 1. The minimum Gasteiger partial charge on any atom is -0.400 e. The molecule has 1 aliphatic heterocycles. The van der Waals surface area contributed by atoms with Crippen LogP contribution >= 0.6 is 0 Å². The molecule has 28 heavy (non-hydrogen) atoms. The molecule has 150 valence electrons. The number of nitrogens with two attached hydrogens (primary N) is 1. The maximum atomic E-state index is 13.9. The molecule has 0 aromatic carbocycles. The van der Waals surface area contributed by atoms with Crippen LogP contribution in [0, 0.1) is 5.82 Å². The molecule has 2 aromatic rings. The second-order valence-corrected chi connectivity index (χ2v) is 6.02. The number of aliphatic hydroxyl groups is 1. The third kappa shape index (κ3) is 4.39. The van der Waals surface area contributed by atoms with Crippen molar-refractivity contribution in [2.75, 3.05) is 23.3 Å². The molecule has 0 saturated carbocycles. The molecule has 3 heterocycles. The van der Waals surface area contributed by atoms with Gasteiger partial charge in [-0.25, -0.2) is 9.37 Å². The van der Waals surface area contributed by atoms with Gasteiger partial charge < -0.3 is 25.8 Å². The first-order chi connectivity index (χ1) is 13.1. The van der Waals surface area contributed by atoms with E-state index in [1.165, 1.54) is 12.3 Å². The Morgan fingerprint density at radius 2 is 2.07 bits per heavy atom. The van der Waals surface area contributed by atoms with Crippen LogP contribution in [-0.2, 0) is 0 Å². The van der Waals surface area contributed by atoms with Gasteiger partial charge in [0.1, 0.15) is 5.69 Å². The first-order valence-corrected chi connectivity index (χ1v) is 8.03. The number of amides is 1. The standard InChI is InChI=1S/C16H15F4N5O3/c17-10-5-22-6-12(13(10)28-16(18,19)20)24-11-3-8(14(21)27)4-23-15(11)25-2-1-9(26)7-25/h3-6,9,24,26H,1-2,7H2,(H2,21,27). The summed E-state index contributed by atoms with van der Waals surface area (Å²) in [5.41, 5.74) is 4.86. The molecule has 3 rings (SSSR count). The van der Waals surface area contributed by atoms with Crippen LogP contribution in [0.2, 0.25) is 0 Å². The van der Waals surface area contributed by atoms with E-state index in [1.807, 2.05) is 0 Å². The molecular formula is C16H15F4N5O3. The van der Waals surface area contributed by atoms with Crippen molar-refractivity contribution in [3.8, 4) is 5.75 Å². The number of rotatable bonds is 5. The van der Waals surface area contributed by atoms with Gasteiger partial charge in [0.05, 0.1) is 29.7 Å². The highest BCUT2D eigenvalue weighted by Gasteiger charge is 2.34. The van der Waals surface area contributed by atoms with Crippen molar-refractivity contribution in [1.29, 1.82) is 0 Å². The second kappa shape index (κ2) is 7.46. The van der Waals surface area contributed by atoms with E-state index in [9.17, 15) is 27.5 Å². The Labute approximate surface area is 155 Å². The molecule has 2 aromatic heterocycles. The number of aromatic nitrogens is 2. The van der Waals surface area contributed by atoms with E-state index < -0.39 is 35.6 Å². The summed E-state index contributed by atoms with van der Waals surface area (Å²) in [7, 11) is 0. The summed E-state index contributed by atoms with van der Waals surface area (Å²) in [6.45, 7) is 0.650. The van der Waals surface area contributed by atoms with Gasteiger partial charge in [-0.1, -0.05) is 0 Å². The summed E-state index contributed by atoms with van der Waals surface area (Å²) in [6, 6.07) is 1.26. The molecule has 1 unspecified atom stereocenters.